The molecule has 0 saturated carbocycles. The third-order valence-corrected chi connectivity index (χ3v) is 3.06. The van der Waals surface area contributed by atoms with Crippen LogP contribution in [0.4, 0.5) is 0 Å². The predicted molar refractivity (Wildman–Crippen MR) is 79.6 cm³/mol. The lowest BCUT2D eigenvalue weighted by molar-refractivity contribution is 0.0692. The van der Waals surface area contributed by atoms with Gasteiger partial charge in [0.2, 0.25) is 0 Å². The second kappa shape index (κ2) is 7.40. The van der Waals surface area contributed by atoms with Crippen LogP contribution >= 0.6 is 0 Å². The Kier molecular flexibility index (Phi) is 5.29. The third kappa shape index (κ3) is 4.29. The number of carbonyl (C=O) groups is 1. The fourth-order valence-electron chi connectivity index (χ4n) is 1.94. The molecule has 0 aliphatic carbocycles. The molecule has 1 aromatic heterocycles. The third-order valence-electron chi connectivity index (χ3n) is 3.06. The highest BCUT2D eigenvalue weighted by Crippen LogP contribution is 2.17. The van der Waals surface area contributed by atoms with Crippen molar-refractivity contribution in [3.63, 3.8) is 0 Å². The molecular formula is C16H18N2O3. The van der Waals surface area contributed by atoms with E-state index in [0.717, 1.165) is 5.69 Å². The van der Waals surface area contributed by atoms with E-state index in [2.05, 4.69) is 10.3 Å². The van der Waals surface area contributed by atoms with E-state index in [1.165, 1.54) is 6.07 Å². The number of hydrogen-bond acceptors (Lipinski definition) is 4. The minimum atomic E-state index is -0.986. The fourth-order valence-corrected chi connectivity index (χ4v) is 1.94. The number of para-hydroxylation sites is 1. The molecule has 1 heterocycles. The monoisotopic (exact) mass is 286 g/mol. The number of hydrogen-bond donors (Lipinski definition) is 2. The van der Waals surface area contributed by atoms with Crippen molar-refractivity contribution >= 4 is 5.97 Å². The van der Waals surface area contributed by atoms with Crippen molar-refractivity contribution in [1.29, 1.82) is 0 Å². The smallest absolute Gasteiger partial charge is 0.339 e. The molecule has 2 aromatic rings. The molecule has 0 aliphatic rings. The lowest BCUT2D eigenvalue weighted by Crippen LogP contribution is -2.25. The average Bonchev–Trinajstić information content (AvgIpc) is 2.52. The Morgan fingerprint density at radius 2 is 2.05 bits per heavy atom. The lowest BCUT2D eigenvalue weighted by atomic mass is 10.2. The number of carboxylic acids is 1. The molecule has 0 fully saturated rings. The molecule has 1 aromatic carbocycles. The predicted octanol–water partition coefficient (Wildman–Crippen LogP) is 2.51. The topological polar surface area (TPSA) is 71.5 Å². The summed E-state index contributed by atoms with van der Waals surface area (Å²) in [7, 11) is 0. The highest BCUT2D eigenvalue weighted by Gasteiger charge is 2.10. The van der Waals surface area contributed by atoms with Crippen molar-refractivity contribution in [2.24, 2.45) is 0 Å². The Labute approximate surface area is 123 Å². The van der Waals surface area contributed by atoms with Crippen LogP contribution in [-0.2, 0) is 0 Å². The van der Waals surface area contributed by atoms with Crippen LogP contribution < -0.4 is 10.1 Å². The standard InChI is InChI=1S/C16H18N2O3/c1-12(14-7-4-5-9-18-14)17-10-11-21-15-8-3-2-6-13(15)16(19)20/h2-9,12,17H,10-11H2,1H3,(H,19,20)/t12-/m0/s1. The van der Waals surface area contributed by atoms with Crippen molar-refractivity contribution in [3.05, 3.63) is 59.9 Å². The van der Waals surface area contributed by atoms with Crippen LogP contribution in [0.2, 0.25) is 0 Å². The molecular weight excluding hydrogens is 268 g/mol. The second-order valence-electron chi connectivity index (χ2n) is 4.58. The SMILES string of the molecule is C[C@H](NCCOc1ccccc1C(=O)O)c1ccccn1. The first-order chi connectivity index (χ1) is 10.2. The van der Waals surface area contributed by atoms with Crippen molar-refractivity contribution in [1.82, 2.24) is 10.3 Å². The van der Waals surface area contributed by atoms with E-state index in [0.29, 0.717) is 18.9 Å². The lowest BCUT2D eigenvalue weighted by Gasteiger charge is -2.14. The quantitative estimate of drug-likeness (QED) is 0.765. The molecule has 0 radical (unpaired) electrons. The van der Waals surface area contributed by atoms with Gasteiger partial charge < -0.3 is 15.2 Å². The van der Waals surface area contributed by atoms with Gasteiger partial charge in [-0.2, -0.15) is 0 Å². The van der Waals surface area contributed by atoms with E-state index in [9.17, 15) is 4.79 Å². The van der Waals surface area contributed by atoms with Crippen LogP contribution in [-0.4, -0.2) is 29.2 Å². The first-order valence-corrected chi connectivity index (χ1v) is 6.78. The number of carboxylic acid groups (broad SMARTS) is 1. The highest BCUT2D eigenvalue weighted by molar-refractivity contribution is 5.90. The molecule has 2 N–H and O–H groups in total. The Morgan fingerprint density at radius 3 is 2.76 bits per heavy atom. The van der Waals surface area contributed by atoms with Gasteiger partial charge in [0.1, 0.15) is 17.9 Å². The zero-order chi connectivity index (χ0) is 15.1. The number of aromatic carboxylic acids is 1. The van der Waals surface area contributed by atoms with Crippen molar-refractivity contribution in [2.75, 3.05) is 13.2 Å². The van der Waals surface area contributed by atoms with Gasteiger partial charge in [0.05, 0.1) is 5.69 Å². The van der Waals surface area contributed by atoms with Gasteiger partial charge in [-0.1, -0.05) is 18.2 Å². The number of nitrogens with zero attached hydrogens (tertiary/aromatic N) is 1. The molecule has 2 rings (SSSR count). The summed E-state index contributed by atoms with van der Waals surface area (Å²) in [5.41, 5.74) is 1.14. The minimum absolute atomic E-state index is 0.115. The summed E-state index contributed by atoms with van der Waals surface area (Å²) >= 11 is 0. The number of rotatable bonds is 7. The number of ether oxygens (including phenoxy) is 1. The Hall–Kier alpha value is -2.40. The van der Waals surface area contributed by atoms with E-state index in [1.807, 2.05) is 25.1 Å². The molecule has 21 heavy (non-hydrogen) atoms. The summed E-state index contributed by atoms with van der Waals surface area (Å²) < 4.78 is 5.52. The maximum absolute atomic E-state index is 11.0. The molecule has 0 spiro atoms. The molecule has 0 unspecified atom stereocenters. The first-order valence-electron chi connectivity index (χ1n) is 6.78. The van der Waals surface area contributed by atoms with Crippen molar-refractivity contribution in [2.45, 2.75) is 13.0 Å². The molecule has 5 heteroatoms. The summed E-state index contributed by atoms with van der Waals surface area (Å²) in [6.07, 6.45) is 1.76. The van der Waals surface area contributed by atoms with Gasteiger partial charge in [-0.3, -0.25) is 4.98 Å². The Morgan fingerprint density at radius 1 is 1.29 bits per heavy atom. The highest BCUT2D eigenvalue weighted by atomic mass is 16.5. The van der Waals surface area contributed by atoms with Crippen LogP contribution in [0.1, 0.15) is 29.0 Å². The van der Waals surface area contributed by atoms with Crippen LogP contribution in [0.3, 0.4) is 0 Å². The zero-order valence-electron chi connectivity index (χ0n) is 11.8. The maximum atomic E-state index is 11.0. The summed E-state index contributed by atoms with van der Waals surface area (Å²) in [6.45, 7) is 3.01. The minimum Gasteiger partial charge on any atom is -0.491 e. The van der Waals surface area contributed by atoms with Gasteiger partial charge in [0.25, 0.3) is 0 Å². The maximum Gasteiger partial charge on any atom is 0.339 e. The van der Waals surface area contributed by atoms with E-state index in [1.54, 1.807) is 24.4 Å². The van der Waals surface area contributed by atoms with Gasteiger partial charge in [-0.15, -0.1) is 0 Å². The van der Waals surface area contributed by atoms with Crippen LogP contribution in [0.5, 0.6) is 5.75 Å². The number of benzene rings is 1. The van der Waals surface area contributed by atoms with E-state index in [4.69, 9.17) is 9.84 Å². The normalized spacial score (nSPS) is 11.9. The van der Waals surface area contributed by atoms with Gasteiger partial charge >= 0.3 is 5.97 Å². The largest absolute Gasteiger partial charge is 0.491 e. The van der Waals surface area contributed by atoms with Crippen LogP contribution in [0.25, 0.3) is 0 Å². The molecule has 0 bridgehead atoms. The second-order valence-corrected chi connectivity index (χ2v) is 4.58. The van der Waals surface area contributed by atoms with E-state index < -0.39 is 5.97 Å². The van der Waals surface area contributed by atoms with Gasteiger partial charge in [-0.05, 0) is 31.2 Å². The van der Waals surface area contributed by atoms with Crippen molar-refractivity contribution < 1.29 is 14.6 Å². The van der Waals surface area contributed by atoms with Crippen molar-refractivity contribution in [3.8, 4) is 5.75 Å². The summed E-state index contributed by atoms with van der Waals surface area (Å²) in [5, 5.41) is 12.3. The average molecular weight is 286 g/mol. The van der Waals surface area contributed by atoms with E-state index >= 15 is 0 Å². The number of pyridine rings is 1. The number of nitrogens with one attached hydrogen (secondary N) is 1. The zero-order valence-corrected chi connectivity index (χ0v) is 11.8. The Balaban J connectivity index is 1.81. The number of aromatic nitrogens is 1. The van der Waals surface area contributed by atoms with E-state index in [-0.39, 0.29) is 11.6 Å². The van der Waals surface area contributed by atoms with Gasteiger partial charge in [-0.25, -0.2) is 4.79 Å². The van der Waals surface area contributed by atoms with Gasteiger partial charge in [0, 0.05) is 18.8 Å². The summed E-state index contributed by atoms with van der Waals surface area (Å²) in [4.78, 5) is 15.3. The molecule has 110 valence electrons. The molecule has 0 saturated heterocycles. The fraction of sp³-hybridized carbons (Fsp3) is 0.250. The molecule has 0 aliphatic heterocycles. The first kappa shape index (κ1) is 15.0. The molecule has 0 amide bonds. The van der Waals surface area contributed by atoms with Gasteiger partial charge in [0.15, 0.2) is 0 Å². The summed E-state index contributed by atoms with van der Waals surface area (Å²) in [6, 6.07) is 12.5. The van der Waals surface area contributed by atoms with Crippen LogP contribution in [0.15, 0.2) is 48.7 Å². The molecule has 5 nitrogen and oxygen atoms in total. The Bertz CT molecular complexity index is 587. The summed E-state index contributed by atoms with van der Waals surface area (Å²) in [5.74, 6) is -0.599. The molecule has 1 atom stereocenters. The van der Waals surface area contributed by atoms with Crippen LogP contribution in [0, 0.1) is 0 Å².